The Morgan fingerprint density at radius 1 is 1.21 bits per heavy atom. The molecule has 1 saturated carbocycles. The molecule has 1 N–H and O–H groups in total. The Bertz CT molecular complexity index is 787. The van der Waals surface area contributed by atoms with E-state index in [1.54, 1.807) is 0 Å². The predicted octanol–water partition coefficient (Wildman–Crippen LogP) is 1.50. The summed E-state index contributed by atoms with van der Waals surface area (Å²) in [7, 11) is 0. The summed E-state index contributed by atoms with van der Waals surface area (Å²) in [6.45, 7) is 6.18. The van der Waals surface area contributed by atoms with Crippen LogP contribution in [0.1, 0.15) is 44.1 Å². The van der Waals surface area contributed by atoms with Crippen molar-refractivity contribution in [3.8, 4) is 0 Å². The second-order valence-electron chi connectivity index (χ2n) is 9.04. The van der Waals surface area contributed by atoms with E-state index >= 15 is 0 Å². The minimum atomic E-state index is -0.536. The molecule has 3 fully saturated rings. The first-order valence-electron chi connectivity index (χ1n) is 10.9. The number of nitrogens with zero attached hydrogens (tertiary/aromatic N) is 5. The second kappa shape index (κ2) is 7.55. The van der Waals surface area contributed by atoms with E-state index in [4.69, 9.17) is 4.84 Å². The number of piperidine rings is 1. The molecular weight excluding hydrogens is 368 g/mol. The molecule has 0 bridgehead atoms. The van der Waals surface area contributed by atoms with Crippen molar-refractivity contribution in [2.45, 2.75) is 57.1 Å². The highest BCUT2D eigenvalue weighted by molar-refractivity contribution is 6.39. The van der Waals surface area contributed by atoms with Crippen LogP contribution in [-0.2, 0) is 9.63 Å². The molecule has 8 nitrogen and oxygen atoms in total. The van der Waals surface area contributed by atoms with Crippen LogP contribution in [0.15, 0.2) is 17.5 Å². The molecule has 4 heterocycles. The van der Waals surface area contributed by atoms with Crippen LogP contribution in [0.3, 0.4) is 0 Å². The van der Waals surface area contributed by atoms with Gasteiger partial charge in [0.2, 0.25) is 5.95 Å². The van der Waals surface area contributed by atoms with Gasteiger partial charge in [-0.05, 0) is 57.1 Å². The van der Waals surface area contributed by atoms with Crippen LogP contribution in [0.25, 0.3) is 0 Å². The van der Waals surface area contributed by atoms with Crippen molar-refractivity contribution >= 4 is 17.6 Å². The number of anilines is 1. The van der Waals surface area contributed by atoms with E-state index in [0.29, 0.717) is 18.7 Å². The van der Waals surface area contributed by atoms with E-state index in [1.165, 1.54) is 12.8 Å². The van der Waals surface area contributed by atoms with Gasteiger partial charge < -0.3 is 20.0 Å². The van der Waals surface area contributed by atoms with Crippen molar-refractivity contribution in [3.63, 3.8) is 0 Å². The fourth-order valence-electron chi connectivity index (χ4n) is 4.68. The van der Waals surface area contributed by atoms with Gasteiger partial charge >= 0.3 is 0 Å². The van der Waals surface area contributed by atoms with Gasteiger partial charge in [0, 0.05) is 38.4 Å². The van der Waals surface area contributed by atoms with Gasteiger partial charge in [-0.1, -0.05) is 5.16 Å². The van der Waals surface area contributed by atoms with Gasteiger partial charge in [-0.15, -0.1) is 0 Å². The summed E-state index contributed by atoms with van der Waals surface area (Å²) >= 11 is 0. The van der Waals surface area contributed by atoms with Crippen LogP contribution in [0.5, 0.6) is 0 Å². The van der Waals surface area contributed by atoms with Crippen molar-refractivity contribution in [2.75, 3.05) is 37.6 Å². The number of carbonyl (C=O) groups excluding carboxylic acids is 1. The monoisotopic (exact) mass is 398 g/mol. The molecule has 5 rings (SSSR count). The standard InChI is InChI=1S/C21H30N6O2/c1-15-11-23-20(24-12-15)27-9-6-18(22-13-16-4-5-16)21(14-27)10-17(25-29-21)19(28)26-7-2-3-8-26/h11-12,16,18,22H,2-10,13-14H2,1H3/t18-,21+/m1/s1. The molecular formula is C21H30N6O2. The summed E-state index contributed by atoms with van der Waals surface area (Å²) in [5.74, 6) is 1.56. The molecule has 29 heavy (non-hydrogen) atoms. The third-order valence-electron chi connectivity index (χ3n) is 6.63. The fourth-order valence-corrected chi connectivity index (χ4v) is 4.68. The number of aryl methyl sites for hydroxylation is 1. The highest BCUT2D eigenvalue weighted by atomic mass is 16.7. The van der Waals surface area contributed by atoms with Gasteiger partial charge in [-0.2, -0.15) is 0 Å². The van der Waals surface area contributed by atoms with Crippen LogP contribution in [0, 0.1) is 12.8 Å². The van der Waals surface area contributed by atoms with Crippen LogP contribution in [0.2, 0.25) is 0 Å². The number of hydrogen-bond acceptors (Lipinski definition) is 7. The first-order valence-corrected chi connectivity index (χ1v) is 10.9. The topological polar surface area (TPSA) is 83.0 Å². The Kier molecular flexibility index (Phi) is 4.89. The zero-order chi connectivity index (χ0) is 19.8. The molecule has 0 unspecified atom stereocenters. The summed E-state index contributed by atoms with van der Waals surface area (Å²) in [4.78, 5) is 32.1. The van der Waals surface area contributed by atoms with Crippen LogP contribution < -0.4 is 10.2 Å². The van der Waals surface area contributed by atoms with Crippen LogP contribution in [-0.4, -0.2) is 70.9 Å². The molecule has 1 aliphatic carbocycles. The lowest BCUT2D eigenvalue weighted by atomic mass is 9.83. The minimum absolute atomic E-state index is 0.0454. The lowest BCUT2D eigenvalue weighted by molar-refractivity contribution is -0.123. The summed E-state index contributed by atoms with van der Waals surface area (Å²) < 4.78 is 0. The maximum absolute atomic E-state index is 12.9. The molecule has 2 atom stereocenters. The van der Waals surface area contributed by atoms with Gasteiger partial charge in [0.25, 0.3) is 5.91 Å². The lowest BCUT2D eigenvalue weighted by Crippen LogP contribution is -2.62. The molecule has 156 valence electrons. The van der Waals surface area contributed by atoms with Crippen molar-refractivity contribution in [1.82, 2.24) is 20.2 Å². The number of hydrogen-bond donors (Lipinski definition) is 1. The van der Waals surface area contributed by atoms with Gasteiger partial charge in [0.1, 0.15) is 5.71 Å². The van der Waals surface area contributed by atoms with Crippen LogP contribution in [0.4, 0.5) is 5.95 Å². The van der Waals surface area contributed by atoms with E-state index in [2.05, 4.69) is 25.3 Å². The molecule has 0 aromatic carbocycles. The third-order valence-corrected chi connectivity index (χ3v) is 6.63. The van der Waals surface area contributed by atoms with Crippen LogP contribution >= 0.6 is 0 Å². The molecule has 8 heteroatoms. The highest BCUT2D eigenvalue weighted by Gasteiger charge is 2.52. The normalized spacial score (nSPS) is 29.3. The SMILES string of the molecule is Cc1cnc(N2CC[C@@H](NCC3CC3)[C@]3(CC(C(=O)N4CCCC4)=NO3)C2)nc1. The smallest absolute Gasteiger partial charge is 0.271 e. The van der Waals surface area contributed by atoms with Gasteiger partial charge in [0.05, 0.1) is 12.6 Å². The van der Waals surface area contributed by atoms with Gasteiger partial charge in [0.15, 0.2) is 5.60 Å². The number of nitrogens with one attached hydrogen (secondary N) is 1. The van der Waals surface area contributed by atoms with Crippen molar-refractivity contribution in [3.05, 3.63) is 18.0 Å². The zero-order valence-corrected chi connectivity index (χ0v) is 17.1. The average molecular weight is 399 g/mol. The number of amides is 1. The first-order chi connectivity index (χ1) is 14.1. The van der Waals surface area contributed by atoms with Crippen molar-refractivity contribution in [2.24, 2.45) is 11.1 Å². The summed E-state index contributed by atoms with van der Waals surface area (Å²) in [5.41, 5.74) is 1.08. The largest absolute Gasteiger partial charge is 0.385 e. The number of oxime groups is 1. The fraction of sp³-hybridized carbons (Fsp3) is 0.714. The van der Waals surface area contributed by atoms with E-state index in [-0.39, 0.29) is 11.9 Å². The molecule has 3 aliphatic heterocycles. The van der Waals surface area contributed by atoms with E-state index in [9.17, 15) is 4.79 Å². The van der Waals surface area contributed by atoms with E-state index < -0.39 is 5.60 Å². The maximum atomic E-state index is 12.9. The highest BCUT2D eigenvalue weighted by Crippen LogP contribution is 2.36. The second-order valence-corrected chi connectivity index (χ2v) is 9.04. The van der Waals surface area contributed by atoms with E-state index in [1.807, 2.05) is 24.2 Å². The molecule has 1 spiro atoms. The molecule has 2 saturated heterocycles. The average Bonchev–Trinajstić information content (AvgIpc) is 3.22. The molecule has 1 amide bonds. The minimum Gasteiger partial charge on any atom is -0.385 e. The van der Waals surface area contributed by atoms with E-state index in [0.717, 1.165) is 62.9 Å². The maximum Gasteiger partial charge on any atom is 0.271 e. The lowest BCUT2D eigenvalue weighted by Gasteiger charge is -2.44. The number of carbonyl (C=O) groups is 1. The summed E-state index contributed by atoms with van der Waals surface area (Å²) in [6.07, 6.45) is 9.95. The summed E-state index contributed by atoms with van der Waals surface area (Å²) in [5, 5.41) is 8.05. The Balaban J connectivity index is 1.33. The molecule has 1 aromatic rings. The number of likely N-dealkylation sites (tertiary alicyclic amines) is 1. The zero-order valence-electron chi connectivity index (χ0n) is 17.1. The molecule has 4 aliphatic rings. The van der Waals surface area contributed by atoms with Gasteiger partial charge in [-0.3, -0.25) is 4.79 Å². The molecule has 1 aromatic heterocycles. The third kappa shape index (κ3) is 3.82. The van der Waals surface area contributed by atoms with Gasteiger partial charge in [-0.25, -0.2) is 9.97 Å². The Hall–Kier alpha value is -2.22. The first kappa shape index (κ1) is 18.8. The summed E-state index contributed by atoms with van der Waals surface area (Å²) in [6, 6.07) is 0.178. The Labute approximate surface area is 171 Å². The Morgan fingerprint density at radius 2 is 1.97 bits per heavy atom. The Morgan fingerprint density at radius 3 is 2.69 bits per heavy atom. The quantitative estimate of drug-likeness (QED) is 0.809. The predicted molar refractivity (Wildman–Crippen MR) is 110 cm³/mol. The number of aromatic nitrogens is 2. The van der Waals surface area contributed by atoms with Crippen molar-refractivity contribution < 1.29 is 9.63 Å². The molecule has 0 radical (unpaired) electrons. The number of rotatable bonds is 5. The van der Waals surface area contributed by atoms with Crippen molar-refractivity contribution in [1.29, 1.82) is 0 Å².